The van der Waals surface area contributed by atoms with Gasteiger partial charge in [-0.3, -0.25) is 0 Å². The number of para-hydroxylation sites is 1. The third kappa shape index (κ3) is 3.00. The van der Waals surface area contributed by atoms with Gasteiger partial charge in [-0.15, -0.1) is 0 Å². The minimum Gasteiger partial charge on any atom is -0.490 e. The summed E-state index contributed by atoms with van der Waals surface area (Å²) < 4.78 is 5.93. The molecule has 3 nitrogen and oxygen atoms in total. The molecule has 1 N–H and O–H groups in total. The third-order valence-electron chi connectivity index (χ3n) is 3.80. The van der Waals surface area contributed by atoms with Crippen molar-refractivity contribution in [1.29, 1.82) is 5.26 Å². The summed E-state index contributed by atoms with van der Waals surface area (Å²) in [4.78, 5) is 0. The van der Waals surface area contributed by atoms with E-state index >= 15 is 0 Å². The van der Waals surface area contributed by atoms with Crippen LogP contribution < -0.4 is 10.1 Å². The quantitative estimate of drug-likeness (QED) is 0.926. The maximum Gasteiger partial charge on any atom is 0.142 e. The number of hydrogen-bond donors (Lipinski definition) is 1. The topological polar surface area (TPSA) is 45.0 Å². The van der Waals surface area contributed by atoms with E-state index in [9.17, 15) is 5.26 Å². The molecule has 0 radical (unpaired) electrons. The van der Waals surface area contributed by atoms with Crippen molar-refractivity contribution >= 4 is 5.69 Å². The molecule has 21 heavy (non-hydrogen) atoms. The molecule has 0 saturated heterocycles. The Hall–Kier alpha value is -2.47. The van der Waals surface area contributed by atoms with Gasteiger partial charge in [0.05, 0.1) is 11.8 Å². The molecule has 0 saturated carbocycles. The normalized spacial score (nSPS) is 14.4. The molecule has 1 unspecified atom stereocenters. The highest BCUT2D eigenvalue weighted by Gasteiger charge is 2.16. The van der Waals surface area contributed by atoms with E-state index in [1.54, 1.807) is 0 Å². The van der Waals surface area contributed by atoms with Gasteiger partial charge >= 0.3 is 0 Å². The van der Waals surface area contributed by atoms with Crippen LogP contribution in [0.3, 0.4) is 0 Å². The van der Waals surface area contributed by atoms with Crippen LogP contribution in [-0.2, 0) is 6.42 Å². The Bertz CT molecular complexity index is 646. The minimum atomic E-state index is -0.245. The number of hydrogen-bond acceptors (Lipinski definition) is 3. The lowest BCUT2D eigenvalue weighted by atomic mass is 10.0. The number of fused-ring (bicyclic) bond motifs is 1. The summed E-state index contributed by atoms with van der Waals surface area (Å²) in [6.45, 7) is 1.35. The number of nitriles is 1. The molecule has 3 heteroatoms. The first-order valence-corrected chi connectivity index (χ1v) is 7.31. The molecule has 0 amide bonds. The highest BCUT2D eigenvalue weighted by atomic mass is 16.5. The van der Waals surface area contributed by atoms with Crippen LogP contribution in [0.4, 0.5) is 5.69 Å². The van der Waals surface area contributed by atoms with Crippen LogP contribution in [0.1, 0.15) is 23.5 Å². The summed E-state index contributed by atoms with van der Waals surface area (Å²) in [6.07, 6.45) is 2.24. The van der Waals surface area contributed by atoms with Crippen LogP contribution in [0.15, 0.2) is 48.5 Å². The summed E-state index contributed by atoms with van der Waals surface area (Å²) in [7, 11) is 0. The molecular weight excluding hydrogens is 260 g/mol. The van der Waals surface area contributed by atoms with E-state index in [-0.39, 0.29) is 5.92 Å². The fraction of sp³-hybridized carbons (Fsp3) is 0.278. The first kappa shape index (κ1) is 13.5. The van der Waals surface area contributed by atoms with E-state index in [1.165, 1.54) is 5.56 Å². The predicted octanol–water partition coefficient (Wildman–Crippen LogP) is 3.73. The zero-order valence-corrected chi connectivity index (χ0v) is 11.9. The number of anilines is 1. The van der Waals surface area contributed by atoms with Crippen molar-refractivity contribution in [3.05, 3.63) is 59.7 Å². The van der Waals surface area contributed by atoms with Crippen LogP contribution in [0, 0.1) is 11.3 Å². The lowest BCUT2D eigenvalue weighted by molar-refractivity contribution is 0.309. The predicted molar refractivity (Wildman–Crippen MR) is 83.5 cm³/mol. The Kier molecular flexibility index (Phi) is 4.07. The van der Waals surface area contributed by atoms with E-state index in [2.05, 4.69) is 17.5 Å². The van der Waals surface area contributed by atoms with E-state index in [0.717, 1.165) is 36.4 Å². The Balaban J connectivity index is 1.74. The molecule has 0 spiro atoms. The minimum absolute atomic E-state index is 0.245. The summed E-state index contributed by atoms with van der Waals surface area (Å²) in [5.41, 5.74) is 3.39. The summed E-state index contributed by atoms with van der Waals surface area (Å²) in [5, 5.41) is 12.8. The van der Waals surface area contributed by atoms with Crippen molar-refractivity contribution in [2.45, 2.75) is 18.8 Å². The Morgan fingerprint density at radius 1 is 1.14 bits per heavy atom. The Labute approximate surface area is 125 Å². The summed E-state index contributed by atoms with van der Waals surface area (Å²) >= 11 is 0. The molecule has 1 heterocycles. The lowest BCUT2D eigenvalue weighted by Gasteiger charge is -2.21. The van der Waals surface area contributed by atoms with Gasteiger partial charge in [0, 0.05) is 6.54 Å². The van der Waals surface area contributed by atoms with Gasteiger partial charge in [-0.1, -0.05) is 42.5 Å². The van der Waals surface area contributed by atoms with Gasteiger partial charge in [-0.05, 0) is 30.0 Å². The molecule has 2 aromatic carbocycles. The maximum absolute atomic E-state index is 9.35. The second-order valence-electron chi connectivity index (χ2n) is 5.22. The van der Waals surface area contributed by atoms with Crippen LogP contribution in [0.25, 0.3) is 0 Å². The van der Waals surface area contributed by atoms with Crippen molar-refractivity contribution in [3.63, 3.8) is 0 Å². The molecule has 0 aliphatic carbocycles. The summed E-state index contributed by atoms with van der Waals surface area (Å²) in [5.74, 6) is 0.606. The van der Waals surface area contributed by atoms with Crippen molar-refractivity contribution < 1.29 is 4.74 Å². The Morgan fingerprint density at radius 2 is 2.00 bits per heavy atom. The maximum atomic E-state index is 9.35. The smallest absolute Gasteiger partial charge is 0.142 e. The van der Waals surface area contributed by atoms with E-state index < -0.39 is 0 Å². The fourth-order valence-electron chi connectivity index (χ4n) is 2.66. The van der Waals surface area contributed by atoms with Crippen molar-refractivity contribution in [2.24, 2.45) is 0 Å². The first-order valence-electron chi connectivity index (χ1n) is 7.31. The largest absolute Gasteiger partial charge is 0.490 e. The standard InChI is InChI=1S/C18H18N2O/c19-12-16(14-6-2-1-3-7-14)13-21-17-10-4-8-15-9-5-11-20-18(15)17/h1-4,6-8,10,16,20H,5,9,11,13H2. The van der Waals surface area contributed by atoms with Crippen molar-refractivity contribution in [1.82, 2.24) is 0 Å². The SMILES string of the molecule is N#CC(COc1cccc2c1NCCC2)c1ccccc1. The van der Waals surface area contributed by atoms with E-state index in [4.69, 9.17) is 4.74 Å². The molecule has 1 aliphatic heterocycles. The molecular formula is C18H18N2O. The molecule has 2 aromatic rings. The van der Waals surface area contributed by atoms with Crippen LogP contribution in [0.2, 0.25) is 0 Å². The van der Waals surface area contributed by atoms with Crippen molar-refractivity contribution in [3.8, 4) is 11.8 Å². The van der Waals surface area contributed by atoms with Crippen LogP contribution in [-0.4, -0.2) is 13.2 Å². The highest BCUT2D eigenvalue weighted by Crippen LogP contribution is 2.32. The van der Waals surface area contributed by atoms with Gasteiger partial charge in [0.1, 0.15) is 18.3 Å². The lowest BCUT2D eigenvalue weighted by Crippen LogP contribution is -2.15. The Morgan fingerprint density at radius 3 is 2.81 bits per heavy atom. The fourth-order valence-corrected chi connectivity index (χ4v) is 2.66. The number of nitrogens with zero attached hydrogens (tertiary/aromatic N) is 1. The number of aryl methyl sites for hydroxylation is 1. The van der Waals surface area contributed by atoms with Gasteiger partial charge in [0.15, 0.2) is 0 Å². The molecule has 1 atom stereocenters. The van der Waals surface area contributed by atoms with Gasteiger partial charge in [0.2, 0.25) is 0 Å². The van der Waals surface area contributed by atoms with Crippen LogP contribution in [0.5, 0.6) is 5.75 Å². The molecule has 0 fully saturated rings. The second kappa shape index (κ2) is 6.32. The van der Waals surface area contributed by atoms with E-state index in [0.29, 0.717) is 6.61 Å². The average Bonchev–Trinajstić information content (AvgIpc) is 2.56. The average molecular weight is 278 g/mol. The zero-order chi connectivity index (χ0) is 14.5. The number of rotatable bonds is 4. The molecule has 3 rings (SSSR count). The number of benzene rings is 2. The second-order valence-corrected chi connectivity index (χ2v) is 5.22. The summed E-state index contributed by atoms with van der Waals surface area (Å²) in [6, 6.07) is 18.2. The molecule has 1 aliphatic rings. The zero-order valence-electron chi connectivity index (χ0n) is 11.9. The number of ether oxygens (including phenoxy) is 1. The molecule has 0 bridgehead atoms. The number of nitrogens with one attached hydrogen (secondary N) is 1. The third-order valence-corrected chi connectivity index (χ3v) is 3.80. The van der Waals surface area contributed by atoms with Gasteiger partial charge in [0.25, 0.3) is 0 Å². The van der Waals surface area contributed by atoms with E-state index in [1.807, 2.05) is 42.5 Å². The molecule has 106 valence electrons. The monoisotopic (exact) mass is 278 g/mol. The van der Waals surface area contributed by atoms with Gasteiger partial charge in [-0.2, -0.15) is 5.26 Å². The van der Waals surface area contributed by atoms with Gasteiger partial charge in [-0.25, -0.2) is 0 Å². The van der Waals surface area contributed by atoms with Crippen molar-refractivity contribution in [2.75, 3.05) is 18.5 Å². The molecule has 0 aromatic heterocycles. The van der Waals surface area contributed by atoms with Gasteiger partial charge < -0.3 is 10.1 Å². The highest BCUT2D eigenvalue weighted by molar-refractivity contribution is 5.63. The van der Waals surface area contributed by atoms with Crippen LogP contribution >= 0.6 is 0 Å². The first-order chi connectivity index (χ1) is 10.4.